The number of benzene rings is 1. The van der Waals surface area contributed by atoms with E-state index < -0.39 is 0 Å². The van der Waals surface area contributed by atoms with Crippen LogP contribution in [-0.2, 0) is 6.54 Å². The molecule has 0 spiro atoms. The topological polar surface area (TPSA) is 59.2 Å². The third kappa shape index (κ3) is 2.84. The average molecular weight is 265 g/mol. The van der Waals surface area contributed by atoms with Crippen molar-refractivity contribution in [1.82, 2.24) is 9.88 Å². The highest BCUT2D eigenvalue weighted by molar-refractivity contribution is 7.13. The molecule has 0 saturated carbocycles. The van der Waals surface area contributed by atoms with E-state index in [0.29, 0.717) is 17.4 Å². The Bertz CT molecular complexity index is 553. The van der Waals surface area contributed by atoms with Gasteiger partial charge in [-0.05, 0) is 17.7 Å². The van der Waals surface area contributed by atoms with Gasteiger partial charge in [0.15, 0.2) is 5.13 Å². The van der Waals surface area contributed by atoms with Crippen LogP contribution < -0.4 is 5.73 Å². The van der Waals surface area contributed by atoms with E-state index in [1.807, 2.05) is 0 Å². The zero-order valence-electron chi connectivity index (χ0n) is 9.76. The average Bonchev–Trinajstić information content (AvgIpc) is 2.78. The molecule has 2 rings (SSSR count). The number of nitrogens with zero attached hydrogens (tertiary/aromatic N) is 2. The molecule has 1 aromatic heterocycles. The van der Waals surface area contributed by atoms with Crippen LogP contribution in [0.2, 0.25) is 0 Å². The fourth-order valence-corrected chi connectivity index (χ4v) is 2.05. The fraction of sp³-hybridized carbons (Fsp3) is 0.167. The van der Waals surface area contributed by atoms with Crippen molar-refractivity contribution >= 4 is 22.4 Å². The second-order valence-corrected chi connectivity index (χ2v) is 4.75. The van der Waals surface area contributed by atoms with E-state index in [1.165, 1.54) is 28.4 Å². The minimum Gasteiger partial charge on any atom is -0.375 e. The summed E-state index contributed by atoms with van der Waals surface area (Å²) < 4.78 is 12.7. The molecule has 0 fully saturated rings. The van der Waals surface area contributed by atoms with Gasteiger partial charge in [-0.2, -0.15) is 0 Å². The summed E-state index contributed by atoms with van der Waals surface area (Å²) in [6, 6.07) is 6.03. The Kier molecular flexibility index (Phi) is 3.57. The maximum atomic E-state index is 12.7. The molecule has 1 aromatic carbocycles. The van der Waals surface area contributed by atoms with E-state index in [9.17, 15) is 9.18 Å². The summed E-state index contributed by atoms with van der Waals surface area (Å²) in [5.74, 6) is -0.493. The molecule has 0 aliphatic rings. The van der Waals surface area contributed by atoms with Crippen LogP contribution in [0.15, 0.2) is 29.6 Å². The standard InChI is InChI=1S/C12H12FN3OS/c1-16(6-8-2-4-9(13)5-3-8)11(17)10-7-18-12(14)15-10/h2-5,7H,6H2,1H3,(H2,14,15). The molecule has 0 atom stereocenters. The first-order valence-corrected chi connectivity index (χ1v) is 6.15. The number of carbonyl (C=O) groups excluding carboxylic acids is 1. The molecular formula is C12H12FN3OS. The van der Waals surface area contributed by atoms with Crippen LogP contribution in [0.3, 0.4) is 0 Å². The van der Waals surface area contributed by atoms with Crippen molar-refractivity contribution in [1.29, 1.82) is 0 Å². The number of carbonyl (C=O) groups is 1. The largest absolute Gasteiger partial charge is 0.375 e. The number of anilines is 1. The summed E-state index contributed by atoms with van der Waals surface area (Å²) >= 11 is 1.23. The predicted octanol–water partition coefficient (Wildman–Crippen LogP) is 2.14. The number of amides is 1. The van der Waals surface area contributed by atoms with Crippen LogP contribution in [0.5, 0.6) is 0 Å². The van der Waals surface area contributed by atoms with Crippen LogP contribution in [0.25, 0.3) is 0 Å². The van der Waals surface area contributed by atoms with Gasteiger partial charge in [-0.15, -0.1) is 11.3 Å². The molecule has 1 heterocycles. The summed E-state index contributed by atoms with van der Waals surface area (Å²) in [6.07, 6.45) is 0. The lowest BCUT2D eigenvalue weighted by Crippen LogP contribution is -2.26. The first kappa shape index (κ1) is 12.5. The van der Waals surface area contributed by atoms with E-state index >= 15 is 0 Å². The van der Waals surface area contributed by atoms with Crippen LogP contribution in [0.1, 0.15) is 16.1 Å². The van der Waals surface area contributed by atoms with Crippen molar-refractivity contribution in [2.24, 2.45) is 0 Å². The fourth-order valence-electron chi connectivity index (χ4n) is 1.52. The van der Waals surface area contributed by atoms with Crippen LogP contribution in [-0.4, -0.2) is 22.8 Å². The number of nitrogens with two attached hydrogens (primary N) is 1. The minimum absolute atomic E-state index is 0.202. The Morgan fingerprint density at radius 3 is 2.67 bits per heavy atom. The van der Waals surface area contributed by atoms with E-state index in [0.717, 1.165) is 5.56 Å². The van der Waals surface area contributed by atoms with E-state index in [-0.39, 0.29) is 11.7 Å². The molecule has 2 N–H and O–H groups in total. The zero-order chi connectivity index (χ0) is 13.1. The lowest BCUT2D eigenvalue weighted by atomic mass is 10.2. The molecule has 1 amide bonds. The van der Waals surface area contributed by atoms with E-state index in [1.54, 1.807) is 24.6 Å². The molecule has 2 aromatic rings. The van der Waals surface area contributed by atoms with Gasteiger partial charge in [-0.1, -0.05) is 12.1 Å². The lowest BCUT2D eigenvalue weighted by Gasteiger charge is -2.15. The highest BCUT2D eigenvalue weighted by atomic mass is 32.1. The van der Waals surface area contributed by atoms with Gasteiger partial charge in [-0.25, -0.2) is 9.37 Å². The maximum absolute atomic E-state index is 12.7. The van der Waals surface area contributed by atoms with Gasteiger partial charge in [0.25, 0.3) is 5.91 Å². The third-order valence-electron chi connectivity index (χ3n) is 2.42. The summed E-state index contributed by atoms with van der Waals surface area (Å²) in [5, 5.41) is 1.99. The van der Waals surface area contributed by atoms with Crippen molar-refractivity contribution < 1.29 is 9.18 Å². The Morgan fingerprint density at radius 2 is 2.11 bits per heavy atom. The quantitative estimate of drug-likeness (QED) is 0.925. The van der Waals surface area contributed by atoms with Gasteiger partial charge in [-0.3, -0.25) is 4.79 Å². The molecule has 0 saturated heterocycles. The zero-order valence-corrected chi connectivity index (χ0v) is 10.6. The first-order chi connectivity index (χ1) is 8.56. The smallest absolute Gasteiger partial charge is 0.273 e. The number of aromatic nitrogens is 1. The number of nitrogen functional groups attached to an aromatic ring is 1. The van der Waals surface area contributed by atoms with E-state index in [2.05, 4.69) is 4.98 Å². The van der Waals surface area contributed by atoms with E-state index in [4.69, 9.17) is 5.73 Å². The number of thiazole rings is 1. The molecule has 0 aliphatic heterocycles. The monoisotopic (exact) mass is 265 g/mol. The van der Waals surface area contributed by atoms with Crippen molar-refractivity contribution in [3.05, 3.63) is 46.7 Å². The molecular weight excluding hydrogens is 253 g/mol. The van der Waals surface area contributed by atoms with Crippen molar-refractivity contribution in [3.8, 4) is 0 Å². The van der Waals surface area contributed by atoms with Crippen molar-refractivity contribution in [2.45, 2.75) is 6.54 Å². The lowest BCUT2D eigenvalue weighted by molar-refractivity contribution is 0.0780. The molecule has 0 radical (unpaired) electrons. The normalized spacial score (nSPS) is 10.3. The Balaban J connectivity index is 2.05. The summed E-state index contributed by atoms with van der Waals surface area (Å²) in [7, 11) is 1.67. The molecule has 0 aliphatic carbocycles. The van der Waals surface area contributed by atoms with Crippen LogP contribution in [0.4, 0.5) is 9.52 Å². The van der Waals surface area contributed by atoms with Gasteiger partial charge in [0.05, 0.1) is 0 Å². The molecule has 0 bridgehead atoms. The number of hydrogen-bond acceptors (Lipinski definition) is 4. The van der Waals surface area contributed by atoms with Crippen molar-refractivity contribution in [3.63, 3.8) is 0 Å². The highest BCUT2D eigenvalue weighted by Crippen LogP contribution is 2.14. The predicted molar refractivity (Wildman–Crippen MR) is 68.7 cm³/mol. The van der Waals surface area contributed by atoms with Gasteiger partial charge in [0.1, 0.15) is 11.5 Å². The second kappa shape index (κ2) is 5.14. The first-order valence-electron chi connectivity index (χ1n) is 5.27. The molecule has 4 nitrogen and oxygen atoms in total. The Hall–Kier alpha value is -1.95. The molecule has 94 valence electrons. The Labute approximate surface area is 108 Å². The summed E-state index contributed by atoms with van der Waals surface area (Å²) in [5.41, 5.74) is 6.67. The number of rotatable bonds is 3. The second-order valence-electron chi connectivity index (χ2n) is 3.86. The summed E-state index contributed by atoms with van der Waals surface area (Å²) in [4.78, 5) is 17.4. The molecule has 0 unspecified atom stereocenters. The van der Waals surface area contributed by atoms with Gasteiger partial charge in [0, 0.05) is 19.0 Å². The number of hydrogen-bond donors (Lipinski definition) is 1. The van der Waals surface area contributed by atoms with Gasteiger partial charge in [0.2, 0.25) is 0 Å². The maximum Gasteiger partial charge on any atom is 0.273 e. The summed E-state index contributed by atoms with van der Waals surface area (Å²) in [6.45, 7) is 0.399. The van der Waals surface area contributed by atoms with Gasteiger partial charge >= 0.3 is 0 Å². The minimum atomic E-state index is -0.292. The van der Waals surface area contributed by atoms with Gasteiger partial charge < -0.3 is 10.6 Å². The third-order valence-corrected chi connectivity index (χ3v) is 3.09. The SMILES string of the molecule is CN(Cc1ccc(F)cc1)C(=O)c1csc(N)n1. The molecule has 6 heteroatoms. The van der Waals surface area contributed by atoms with Crippen LogP contribution in [0, 0.1) is 5.82 Å². The van der Waals surface area contributed by atoms with Crippen LogP contribution >= 0.6 is 11.3 Å². The highest BCUT2D eigenvalue weighted by Gasteiger charge is 2.14. The number of halogens is 1. The molecule has 18 heavy (non-hydrogen) atoms. The Morgan fingerprint density at radius 1 is 1.44 bits per heavy atom. The van der Waals surface area contributed by atoms with Crippen molar-refractivity contribution in [2.75, 3.05) is 12.8 Å².